The normalized spacial score (nSPS) is 10.4. The molecule has 0 atom stereocenters. The summed E-state index contributed by atoms with van der Waals surface area (Å²) in [5, 5.41) is 28.3. The van der Waals surface area contributed by atoms with E-state index in [1.54, 1.807) is 50.2 Å². The molecule has 0 saturated heterocycles. The van der Waals surface area contributed by atoms with Gasteiger partial charge in [-0.3, -0.25) is 20.2 Å². The second kappa shape index (κ2) is 7.61. The van der Waals surface area contributed by atoms with E-state index >= 15 is 0 Å². The highest BCUT2D eigenvalue weighted by atomic mass is 16.6. The molecule has 2 N–H and O–H groups in total. The zero-order valence-electron chi connectivity index (χ0n) is 14.9. The standard InChI is InChI=1S/C17H15N7O4/c1-10-5-3-7-14(18-10)20-16-12(23(25)26)9-13(24(27)28)17(22-16)21-15-8-4-6-11(2)19-15/h3-9H,1-2H3,(H2,18,19,20,21,22). The zero-order valence-corrected chi connectivity index (χ0v) is 14.9. The third-order valence-electron chi connectivity index (χ3n) is 3.65. The number of rotatable bonds is 6. The minimum absolute atomic E-state index is 0.177. The molecule has 3 aromatic heterocycles. The van der Waals surface area contributed by atoms with Crippen LogP contribution in [0.1, 0.15) is 11.4 Å². The molecular weight excluding hydrogens is 366 g/mol. The quantitative estimate of drug-likeness (QED) is 0.480. The fraction of sp³-hybridized carbons (Fsp3) is 0.118. The van der Waals surface area contributed by atoms with Gasteiger partial charge in [0.15, 0.2) is 0 Å². The van der Waals surface area contributed by atoms with Crippen molar-refractivity contribution >= 4 is 34.6 Å². The molecule has 0 amide bonds. The fourth-order valence-electron chi connectivity index (χ4n) is 2.42. The summed E-state index contributed by atoms with van der Waals surface area (Å²) in [7, 11) is 0. The van der Waals surface area contributed by atoms with Crippen molar-refractivity contribution in [3.63, 3.8) is 0 Å². The van der Waals surface area contributed by atoms with Crippen molar-refractivity contribution in [2.75, 3.05) is 10.6 Å². The molecule has 0 fully saturated rings. The fourth-order valence-corrected chi connectivity index (χ4v) is 2.42. The summed E-state index contributed by atoms with van der Waals surface area (Å²) >= 11 is 0. The first-order chi connectivity index (χ1) is 13.3. The number of anilines is 4. The number of hydrogen-bond acceptors (Lipinski definition) is 9. The van der Waals surface area contributed by atoms with E-state index in [0.29, 0.717) is 23.0 Å². The summed E-state index contributed by atoms with van der Waals surface area (Å²) in [6, 6.07) is 11.0. The van der Waals surface area contributed by atoms with E-state index in [1.807, 2.05) is 0 Å². The lowest BCUT2D eigenvalue weighted by Gasteiger charge is -2.10. The summed E-state index contributed by atoms with van der Waals surface area (Å²) in [6.07, 6.45) is 0. The first-order valence-corrected chi connectivity index (χ1v) is 8.08. The third-order valence-corrected chi connectivity index (χ3v) is 3.65. The molecule has 0 bridgehead atoms. The van der Waals surface area contributed by atoms with Crippen LogP contribution in [0.4, 0.5) is 34.6 Å². The molecule has 142 valence electrons. The molecule has 0 spiro atoms. The van der Waals surface area contributed by atoms with E-state index in [9.17, 15) is 20.2 Å². The third kappa shape index (κ3) is 4.15. The van der Waals surface area contributed by atoms with Gasteiger partial charge in [-0.05, 0) is 38.1 Å². The van der Waals surface area contributed by atoms with Gasteiger partial charge in [-0.15, -0.1) is 0 Å². The smallest absolute Gasteiger partial charge is 0.318 e. The molecule has 0 aromatic carbocycles. The molecule has 0 aliphatic heterocycles. The van der Waals surface area contributed by atoms with Gasteiger partial charge in [-0.2, -0.15) is 4.98 Å². The van der Waals surface area contributed by atoms with Gasteiger partial charge in [0.25, 0.3) is 0 Å². The van der Waals surface area contributed by atoms with Crippen LogP contribution in [-0.2, 0) is 0 Å². The molecule has 3 rings (SSSR count). The van der Waals surface area contributed by atoms with Crippen molar-refractivity contribution in [1.29, 1.82) is 0 Å². The number of nitrogens with zero attached hydrogens (tertiary/aromatic N) is 5. The first kappa shape index (κ1) is 18.6. The summed E-state index contributed by atoms with van der Waals surface area (Å²) < 4.78 is 0. The van der Waals surface area contributed by atoms with E-state index in [4.69, 9.17) is 0 Å². The summed E-state index contributed by atoms with van der Waals surface area (Å²) in [5.74, 6) is 0.292. The van der Waals surface area contributed by atoms with Gasteiger partial charge in [0.05, 0.1) is 9.85 Å². The lowest BCUT2D eigenvalue weighted by molar-refractivity contribution is -0.393. The molecule has 3 aromatic rings. The van der Waals surface area contributed by atoms with Crippen molar-refractivity contribution in [3.05, 3.63) is 74.1 Å². The van der Waals surface area contributed by atoms with Gasteiger partial charge in [-0.25, -0.2) is 9.97 Å². The van der Waals surface area contributed by atoms with E-state index in [1.165, 1.54) is 0 Å². The molecule has 11 nitrogen and oxygen atoms in total. The van der Waals surface area contributed by atoms with E-state index in [0.717, 1.165) is 6.07 Å². The Morgan fingerprint density at radius 2 is 1.18 bits per heavy atom. The highest BCUT2D eigenvalue weighted by Gasteiger charge is 2.27. The van der Waals surface area contributed by atoms with Gasteiger partial charge in [0.1, 0.15) is 17.7 Å². The van der Waals surface area contributed by atoms with Crippen molar-refractivity contribution in [1.82, 2.24) is 15.0 Å². The summed E-state index contributed by atoms with van der Waals surface area (Å²) in [4.78, 5) is 33.9. The van der Waals surface area contributed by atoms with Crippen molar-refractivity contribution in [3.8, 4) is 0 Å². The van der Waals surface area contributed by atoms with Crippen molar-refractivity contribution in [2.45, 2.75) is 13.8 Å². The Hall–Kier alpha value is -4.15. The van der Waals surface area contributed by atoms with E-state index in [-0.39, 0.29) is 11.6 Å². The second-order valence-corrected chi connectivity index (χ2v) is 5.82. The molecule has 0 aliphatic carbocycles. The highest BCUT2D eigenvalue weighted by Crippen LogP contribution is 2.35. The SMILES string of the molecule is Cc1cccc(Nc2nc(Nc3cccc(C)n3)c([N+](=O)[O-])cc2[N+](=O)[O-])n1. The lowest BCUT2D eigenvalue weighted by atomic mass is 10.3. The Bertz CT molecular complexity index is 990. The average molecular weight is 381 g/mol. The lowest BCUT2D eigenvalue weighted by Crippen LogP contribution is -2.07. The van der Waals surface area contributed by atoms with Crippen LogP contribution in [0.15, 0.2) is 42.5 Å². The monoisotopic (exact) mass is 381 g/mol. The largest absolute Gasteiger partial charge is 0.319 e. The van der Waals surface area contributed by atoms with Crippen molar-refractivity contribution in [2.24, 2.45) is 0 Å². The molecule has 0 aliphatic rings. The second-order valence-electron chi connectivity index (χ2n) is 5.82. The number of aromatic nitrogens is 3. The van der Waals surface area contributed by atoms with Crippen LogP contribution >= 0.6 is 0 Å². The number of nitrogens with one attached hydrogen (secondary N) is 2. The zero-order chi connectivity index (χ0) is 20.3. The van der Waals surface area contributed by atoms with Gasteiger partial charge >= 0.3 is 11.4 Å². The molecule has 28 heavy (non-hydrogen) atoms. The highest BCUT2D eigenvalue weighted by molar-refractivity contribution is 5.74. The van der Waals surface area contributed by atoms with Crippen LogP contribution in [0.3, 0.4) is 0 Å². The molecule has 11 heteroatoms. The predicted molar refractivity (Wildman–Crippen MR) is 102 cm³/mol. The Kier molecular flexibility index (Phi) is 5.07. The van der Waals surface area contributed by atoms with Gasteiger partial charge in [-0.1, -0.05) is 12.1 Å². The number of hydrogen-bond donors (Lipinski definition) is 2. The van der Waals surface area contributed by atoms with Crippen LogP contribution < -0.4 is 10.6 Å². The maximum absolute atomic E-state index is 11.4. The summed E-state index contributed by atoms with van der Waals surface area (Å²) in [6.45, 7) is 3.53. The Labute approximate surface area is 158 Å². The molecule has 0 saturated carbocycles. The van der Waals surface area contributed by atoms with Gasteiger partial charge in [0.2, 0.25) is 11.6 Å². The molecule has 0 unspecified atom stereocenters. The minimum Gasteiger partial charge on any atom is -0.319 e. The van der Waals surface area contributed by atoms with Crippen LogP contribution in [-0.4, -0.2) is 24.8 Å². The Morgan fingerprint density at radius 1 is 0.750 bits per heavy atom. The topological polar surface area (TPSA) is 149 Å². The average Bonchev–Trinajstić information content (AvgIpc) is 2.61. The first-order valence-electron chi connectivity index (χ1n) is 8.08. The number of aryl methyl sites for hydroxylation is 2. The Balaban J connectivity index is 2.09. The van der Waals surface area contributed by atoms with E-state index in [2.05, 4.69) is 25.6 Å². The minimum atomic E-state index is -0.743. The van der Waals surface area contributed by atoms with Crippen LogP contribution in [0.5, 0.6) is 0 Å². The number of pyridine rings is 3. The van der Waals surface area contributed by atoms with Crippen LogP contribution in [0, 0.1) is 34.1 Å². The van der Waals surface area contributed by atoms with E-state index < -0.39 is 21.2 Å². The number of nitro groups is 2. The maximum Gasteiger partial charge on any atom is 0.318 e. The van der Waals surface area contributed by atoms with Gasteiger partial charge < -0.3 is 10.6 Å². The van der Waals surface area contributed by atoms with Crippen LogP contribution in [0.25, 0.3) is 0 Å². The van der Waals surface area contributed by atoms with Crippen LogP contribution in [0.2, 0.25) is 0 Å². The predicted octanol–water partition coefficient (Wildman–Crippen LogP) is 3.79. The maximum atomic E-state index is 11.4. The molecular formula is C17H15N7O4. The van der Waals surface area contributed by atoms with Crippen molar-refractivity contribution < 1.29 is 9.85 Å². The molecule has 3 heterocycles. The summed E-state index contributed by atoms with van der Waals surface area (Å²) in [5.41, 5.74) is 0.296. The van der Waals surface area contributed by atoms with Gasteiger partial charge in [0, 0.05) is 11.4 Å². The Morgan fingerprint density at radius 3 is 1.54 bits per heavy atom. The molecule has 0 radical (unpaired) electrons.